The molecule has 1 amide bonds. The van der Waals surface area contributed by atoms with Crippen LogP contribution >= 0.6 is 0 Å². The van der Waals surface area contributed by atoms with Gasteiger partial charge in [-0.1, -0.05) is 32.0 Å². The molecule has 0 saturated carbocycles. The summed E-state index contributed by atoms with van der Waals surface area (Å²) in [6.45, 7) is 6.74. The first-order chi connectivity index (χ1) is 12.1. The number of amides is 1. The quantitative estimate of drug-likeness (QED) is 0.556. The van der Waals surface area contributed by atoms with Gasteiger partial charge >= 0.3 is 0 Å². The summed E-state index contributed by atoms with van der Waals surface area (Å²) < 4.78 is 0. The predicted molar refractivity (Wildman–Crippen MR) is 101 cm³/mol. The number of anilines is 2. The molecule has 0 unspecified atom stereocenters. The number of aromatic hydroxyl groups is 1. The zero-order chi connectivity index (χ0) is 17.8. The summed E-state index contributed by atoms with van der Waals surface area (Å²) >= 11 is 0. The molecular weight excluding hydrogens is 314 g/mol. The number of para-hydroxylation sites is 1. The van der Waals surface area contributed by atoms with E-state index in [1.54, 1.807) is 18.3 Å². The number of carbonyl (C=O) groups is 1. The minimum atomic E-state index is -0.115. The van der Waals surface area contributed by atoms with Crippen LogP contribution in [0.5, 0.6) is 5.75 Å². The zero-order valence-corrected chi connectivity index (χ0v) is 14.5. The van der Waals surface area contributed by atoms with Crippen LogP contribution in [0.15, 0.2) is 48.7 Å². The van der Waals surface area contributed by atoms with Crippen molar-refractivity contribution < 1.29 is 9.90 Å². The van der Waals surface area contributed by atoms with E-state index in [0.29, 0.717) is 12.1 Å². The van der Waals surface area contributed by atoms with E-state index in [2.05, 4.69) is 29.4 Å². The number of hydrogen-bond acceptors (Lipinski definition) is 4. The number of phenolic OH excluding ortho intramolecular Hbond substituents is 1. The third-order valence-electron chi connectivity index (χ3n) is 4.46. The molecule has 3 rings (SSSR count). The summed E-state index contributed by atoms with van der Waals surface area (Å²) in [5.74, 6) is 0.171. The summed E-state index contributed by atoms with van der Waals surface area (Å²) in [7, 11) is 0. The number of benzene rings is 2. The van der Waals surface area contributed by atoms with E-state index < -0.39 is 0 Å². The van der Waals surface area contributed by atoms with Crippen molar-refractivity contribution in [3.63, 3.8) is 0 Å². The molecule has 3 N–H and O–H groups in total. The molecule has 1 heterocycles. The molecule has 2 aromatic carbocycles. The van der Waals surface area contributed by atoms with E-state index in [1.165, 1.54) is 0 Å². The molecule has 130 valence electrons. The molecule has 5 heteroatoms. The van der Waals surface area contributed by atoms with Crippen molar-refractivity contribution in [2.45, 2.75) is 20.4 Å². The number of nitrogens with one attached hydrogen (secondary N) is 2. The zero-order valence-electron chi connectivity index (χ0n) is 14.5. The Morgan fingerprint density at radius 3 is 2.68 bits per heavy atom. The van der Waals surface area contributed by atoms with Crippen LogP contribution in [0.1, 0.15) is 25.0 Å². The maximum Gasteiger partial charge on any atom is 0.257 e. The lowest BCUT2D eigenvalue weighted by Crippen LogP contribution is -2.22. The summed E-state index contributed by atoms with van der Waals surface area (Å²) in [6, 6.07) is 13.0. The number of fused-ring (bicyclic) bond motifs is 1. The fraction of sp³-hybridized carbons (Fsp3) is 0.250. The first kappa shape index (κ1) is 17.0. The van der Waals surface area contributed by atoms with Gasteiger partial charge in [0.05, 0.1) is 5.57 Å². The molecule has 0 radical (unpaired) electrons. The van der Waals surface area contributed by atoms with E-state index in [9.17, 15) is 9.90 Å². The third kappa shape index (κ3) is 3.67. The standard InChI is InChI=1S/C20H23N3O2/c1-3-23(4-2)13-14-11-15(9-10-19(14)24)21-12-17-16-7-5-6-8-18(16)22-20(17)25/h5-12,21,24H,3-4,13H2,1-2H3,(H,22,25). The number of hydrogen-bond donors (Lipinski definition) is 3. The SMILES string of the molecule is CCN(CC)Cc1cc(NC=C2C(=O)Nc3ccccc32)ccc1O. The Morgan fingerprint density at radius 1 is 1.16 bits per heavy atom. The molecule has 25 heavy (non-hydrogen) atoms. The van der Waals surface area contributed by atoms with Gasteiger partial charge in [-0.3, -0.25) is 9.69 Å². The molecule has 0 atom stereocenters. The Labute approximate surface area is 148 Å². The minimum Gasteiger partial charge on any atom is -0.508 e. The average molecular weight is 337 g/mol. The van der Waals surface area contributed by atoms with Crippen LogP contribution in [-0.2, 0) is 11.3 Å². The van der Waals surface area contributed by atoms with Crippen LogP contribution in [0.4, 0.5) is 11.4 Å². The summed E-state index contributed by atoms with van der Waals surface area (Å²) in [5.41, 5.74) is 4.03. The molecule has 0 fully saturated rings. The van der Waals surface area contributed by atoms with Crippen LogP contribution in [0.3, 0.4) is 0 Å². The number of carbonyl (C=O) groups excluding carboxylic acids is 1. The Hall–Kier alpha value is -2.79. The normalized spacial score (nSPS) is 14.7. The molecule has 0 bridgehead atoms. The van der Waals surface area contributed by atoms with Crippen LogP contribution in [-0.4, -0.2) is 29.0 Å². The highest BCUT2D eigenvalue weighted by Gasteiger charge is 2.23. The van der Waals surface area contributed by atoms with Gasteiger partial charge in [0.15, 0.2) is 0 Å². The van der Waals surface area contributed by atoms with Gasteiger partial charge in [0.25, 0.3) is 5.91 Å². The second kappa shape index (κ2) is 7.40. The van der Waals surface area contributed by atoms with Crippen molar-refractivity contribution >= 4 is 22.9 Å². The maximum atomic E-state index is 12.1. The first-order valence-corrected chi connectivity index (χ1v) is 8.54. The van der Waals surface area contributed by atoms with Crippen LogP contribution in [0, 0.1) is 0 Å². The van der Waals surface area contributed by atoms with Crippen molar-refractivity contribution in [3.8, 4) is 5.75 Å². The average Bonchev–Trinajstić information content (AvgIpc) is 2.95. The van der Waals surface area contributed by atoms with Crippen molar-refractivity contribution in [1.82, 2.24) is 4.90 Å². The molecule has 1 aliphatic heterocycles. The summed E-state index contributed by atoms with van der Waals surface area (Å²) in [4.78, 5) is 14.4. The lowest BCUT2D eigenvalue weighted by Gasteiger charge is -2.19. The molecule has 2 aromatic rings. The Kier molecular flexibility index (Phi) is 5.05. The minimum absolute atomic E-state index is 0.115. The molecule has 5 nitrogen and oxygen atoms in total. The van der Waals surface area contributed by atoms with Crippen LogP contribution < -0.4 is 10.6 Å². The highest BCUT2D eigenvalue weighted by atomic mass is 16.3. The molecule has 0 saturated heterocycles. The van der Waals surface area contributed by atoms with Gasteiger partial charge in [0, 0.05) is 35.2 Å². The van der Waals surface area contributed by atoms with Crippen molar-refractivity contribution in [3.05, 3.63) is 59.8 Å². The molecule has 1 aliphatic rings. The summed E-state index contributed by atoms with van der Waals surface area (Å²) in [5, 5.41) is 16.1. The van der Waals surface area contributed by atoms with Crippen molar-refractivity contribution in [1.29, 1.82) is 0 Å². The maximum absolute atomic E-state index is 12.1. The molecule has 0 aliphatic carbocycles. The fourth-order valence-corrected chi connectivity index (χ4v) is 2.93. The van der Waals surface area contributed by atoms with Crippen molar-refractivity contribution in [2.24, 2.45) is 0 Å². The first-order valence-electron chi connectivity index (χ1n) is 8.54. The highest BCUT2D eigenvalue weighted by Crippen LogP contribution is 2.31. The molecule has 0 spiro atoms. The Morgan fingerprint density at radius 2 is 1.92 bits per heavy atom. The lowest BCUT2D eigenvalue weighted by atomic mass is 10.1. The second-order valence-electron chi connectivity index (χ2n) is 6.01. The van der Waals surface area contributed by atoms with Gasteiger partial charge in [-0.15, -0.1) is 0 Å². The predicted octanol–water partition coefficient (Wildman–Crippen LogP) is 3.64. The van der Waals surface area contributed by atoms with E-state index >= 15 is 0 Å². The van der Waals surface area contributed by atoms with Gasteiger partial charge in [-0.25, -0.2) is 0 Å². The molecule has 0 aromatic heterocycles. The Bertz CT molecular complexity index is 810. The monoisotopic (exact) mass is 337 g/mol. The van der Waals surface area contributed by atoms with Crippen LogP contribution in [0.25, 0.3) is 5.57 Å². The molecular formula is C20H23N3O2. The topological polar surface area (TPSA) is 64.6 Å². The van der Waals surface area contributed by atoms with Gasteiger partial charge in [0.1, 0.15) is 5.75 Å². The second-order valence-corrected chi connectivity index (χ2v) is 6.01. The smallest absolute Gasteiger partial charge is 0.257 e. The summed E-state index contributed by atoms with van der Waals surface area (Å²) in [6.07, 6.45) is 1.72. The number of phenols is 1. The van der Waals surface area contributed by atoms with Gasteiger partial charge in [0.2, 0.25) is 0 Å². The highest BCUT2D eigenvalue weighted by molar-refractivity contribution is 6.31. The van der Waals surface area contributed by atoms with Crippen molar-refractivity contribution in [2.75, 3.05) is 23.7 Å². The fourth-order valence-electron chi connectivity index (χ4n) is 2.93. The van der Waals surface area contributed by atoms with Gasteiger partial charge in [-0.05, 0) is 37.4 Å². The van der Waals surface area contributed by atoms with Crippen LogP contribution in [0.2, 0.25) is 0 Å². The van der Waals surface area contributed by atoms with E-state index in [1.807, 2.05) is 30.3 Å². The van der Waals surface area contributed by atoms with E-state index in [4.69, 9.17) is 0 Å². The Balaban J connectivity index is 1.81. The number of rotatable bonds is 6. The van der Waals surface area contributed by atoms with E-state index in [0.717, 1.165) is 35.6 Å². The largest absolute Gasteiger partial charge is 0.508 e. The van der Waals surface area contributed by atoms with E-state index in [-0.39, 0.29) is 11.7 Å². The van der Waals surface area contributed by atoms with Gasteiger partial charge in [-0.2, -0.15) is 0 Å². The lowest BCUT2D eigenvalue weighted by molar-refractivity contribution is -0.110. The van der Waals surface area contributed by atoms with Gasteiger partial charge < -0.3 is 15.7 Å². The number of nitrogens with zero attached hydrogens (tertiary/aromatic N) is 1. The third-order valence-corrected chi connectivity index (χ3v) is 4.46.